The average molecular weight is 426 g/mol. The number of rotatable bonds is 7. The number of carbonyl (C=O) groups excluding carboxylic acids is 1. The number of hydrogen-bond donors (Lipinski definition) is 3. The number of primary amides is 1. The summed E-state index contributed by atoms with van der Waals surface area (Å²) in [6, 6.07) is 0.332. The smallest absolute Gasteiger partial charge is 0.224 e. The lowest BCUT2D eigenvalue weighted by atomic mass is 9.89. The van der Waals surface area contributed by atoms with Crippen LogP contribution in [-0.4, -0.2) is 31.0 Å². The second-order valence-electron chi connectivity index (χ2n) is 7.59. The van der Waals surface area contributed by atoms with Gasteiger partial charge in [-0.1, -0.05) is 20.8 Å². The fourth-order valence-electron chi connectivity index (χ4n) is 1.63. The van der Waals surface area contributed by atoms with Crippen molar-refractivity contribution in [1.82, 2.24) is 10.6 Å². The van der Waals surface area contributed by atoms with Crippen LogP contribution in [0.4, 0.5) is 0 Å². The van der Waals surface area contributed by atoms with E-state index in [-0.39, 0.29) is 29.9 Å². The monoisotopic (exact) mass is 426 g/mol. The van der Waals surface area contributed by atoms with Crippen LogP contribution < -0.4 is 16.4 Å². The topological polar surface area (TPSA) is 79.5 Å². The van der Waals surface area contributed by atoms with E-state index in [0.29, 0.717) is 18.0 Å². The predicted molar refractivity (Wildman–Crippen MR) is 106 cm³/mol. The summed E-state index contributed by atoms with van der Waals surface area (Å²) in [5, 5.41) is 6.60. The highest BCUT2D eigenvalue weighted by atomic mass is 127. The van der Waals surface area contributed by atoms with E-state index in [4.69, 9.17) is 5.73 Å². The molecule has 1 unspecified atom stereocenters. The van der Waals surface area contributed by atoms with Gasteiger partial charge in [-0.2, -0.15) is 0 Å². The molecule has 22 heavy (non-hydrogen) atoms. The summed E-state index contributed by atoms with van der Waals surface area (Å²) >= 11 is 0. The number of guanidine groups is 1. The zero-order valence-corrected chi connectivity index (χ0v) is 17.6. The normalized spacial score (nSPS) is 14.0. The minimum absolute atomic E-state index is 0. The number of halogens is 1. The maximum atomic E-state index is 11.3. The standard InChI is InChI=1S/C16H34N4O.HI/c1-8-18-14(19-11-16(6,7)13(17)21)20-12(2)9-10-15(3,4)5;/h12H,8-11H2,1-7H3,(H2,17,21)(H2,18,19,20);1H. The maximum absolute atomic E-state index is 11.3. The summed E-state index contributed by atoms with van der Waals surface area (Å²) in [5.74, 6) is 0.413. The molecule has 0 radical (unpaired) electrons. The van der Waals surface area contributed by atoms with Gasteiger partial charge in [0.25, 0.3) is 0 Å². The van der Waals surface area contributed by atoms with Crippen molar-refractivity contribution in [2.24, 2.45) is 21.6 Å². The molecule has 0 aromatic carbocycles. The van der Waals surface area contributed by atoms with Crippen LogP contribution in [-0.2, 0) is 4.79 Å². The Morgan fingerprint density at radius 3 is 2.18 bits per heavy atom. The second kappa shape index (κ2) is 10.3. The molecule has 4 N–H and O–H groups in total. The Balaban J connectivity index is 0. The molecule has 0 aliphatic heterocycles. The third-order valence-electron chi connectivity index (χ3n) is 3.35. The lowest BCUT2D eigenvalue weighted by molar-refractivity contribution is -0.125. The summed E-state index contributed by atoms with van der Waals surface area (Å²) < 4.78 is 0. The van der Waals surface area contributed by atoms with Crippen LogP contribution in [0.5, 0.6) is 0 Å². The van der Waals surface area contributed by atoms with E-state index < -0.39 is 5.41 Å². The quantitative estimate of drug-likeness (QED) is 0.333. The molecule has 0 aromatic heterocycles. The van der Waals surface area contributed by atoms with Gasteiger partial charge < -0.3 is 16.4 Å². The van der Waals surface area contributed by atoms with Gasteiger partial charge in [-0.25, -0.2) is 0 Å². The van der Waals surface area contributed by atoms with E-state index in [1.165, 1.54) is 0 Å². The van der Waals surface area contributed by atoms with Gasteiger partial charge in [-0.3, -0.25) is 9.79 Å². The van der Waals surface area contributed by atoms with Gasteiger partial charge in [0.15, 0.2) is 5.96 Å². The van der Waals surface area contributed by atoms with E-state index in [0.717, 1.165) is 25.3 Å². The summed E-state index contributed by atoms with van der Waals surface area (Å²) in [7, 11) is 0. The van der Waals surface area contributed by atoms with Crippen LogP contribution in [0.1, 0.15) is 61.3 Å². The van der Waals surface area contributed by atoms with Gasteiger partial charge in [0.2, 0.25) is 5.91 Å². The van der Waals surface area contributed by atoms with Crippen LogP contribution in [0, 0.1) is 10.8 Å². The first kappa shape index (κ1) is 23.7. The third kappa shape index (κ3) is 11.1. The van der Waals surface area contributed by atoms with Crippen LogP contribution >= 0.6 is 24.0 Å². The molecule has 0 heterocycles. The van der Waals surface area contributed by atoms with E-state index in [2.05, 4.69) is 43.3 Å². The number of carbonyl (C=O) groups is 1. The minimum atomic E-state index is -0.628. The largest absolute Gasteiger partial charge is 0.369 e. The number of hydrogen-bond acceptors (Lipinski definition) is 2. The number of nitrogens with one attached hydrogen (secondary N) is 2. The summed E-state index contributed by atoms with van der Waals surface area (Å²) in [6.45, 7) is 15.7. The fraction of sp³-hybridized carbons (Fsp3) is 0.875. The van der Waals surface area contributed by atoms with Crippen molar-refractivity contribution in [1.29, 1.82) is 0 Å². The molecule has 0 bridgehead atoms. The van der Waals surface area contributed by atoms with E-state index in [9.17, 15) is 4.79 Å². The number of aliphatic imine (C=N–C) groups is 1. The molecule has 0 saturated heterocycles. The molecule has 0 spiro atoms. The Labute approximate surface area is 153 Å². The Morgan fingerprint density at radius 2 is 1.77 bits per heavy atom. The van der Waals surface area contributed by atoms with Gasteiger partial charge in [0.05, 0.1) is 12.0 Å². The molecule has 0 aromatic rings. The van der Waals surface area contributed by atoms with Crippen molar-refractivity contribution in [3.05, 3.63) is 0 Å². The molecule has 0 aliphatic carbocycles. The highest BCUT2D eigenvalue weighted by Gasteiger charge is 2.24. The second-order valence-corrected chi connectivity index (χ2v) is 7.59. The molecular weight excluding hydrogens is 391 g/mol. The average Bonchev–Trinajstić information content (AvgIpc) is 2.33. The lowest BCUT2D eigenvalue weighted by Crippen LogP contribution is -2.43. The van der Waals surface area contributed by atoms with E-state index in [1.54, 1.807) is 0 Å². The zero-order chi connectivity index (χ0) is 16.7. The number of nitrogens with two attached hydrogens (primary N) is 1. The van der Waals surface area contributed by atoms with E-state index in [1.807, 2.05) is 20.8 Å². The van der Waals surface area contributed by atoms with Gasteiger partial charge in [0.1, 0.15) is 0 Å². The van der Waals surface area contributed by atoms with Gasteiger partial charge >= 0.3 is 0 Å². The molecule has 1 amide bonds. The molecule has 0 saturated carbocycles. The summed E-state index contributed by atoms with van der Waals surface area (Å²) in [6.07, 6.45) is 2.22. The zero-order valence-electron chi connectivity index (χ0n) is 15.2. The lowest BCUT2D eigenvalue weighted by Gasteiger charge is -2.24. The molecule has 0 fully saturated rings. The fourth-order valence-corrected chi connectivity index (χ4v) is 1.63. The van der Waals surface area contributed by atoms with Crippen molar-refractivity contribution in [3.8, 4) is 0 Å². The predicted octanol–water partition coefficient (Wildman–Crippen LogP) is 2.89. The van der Waals surface area contributed by atoms with Gasteiger partial charge in [-0.05, 0) is 46.0 Å². The van der Waals surface area contributed by atoms with E-state index >= 15 is 0 Å². The third-order valence-corrected chi connectivity index (χ3v) is 3.35. The Hall–Kier alpha value is -0.530. The number of amides is 1. The molecule has 132 valence electrons. The van der Waals surface area contributed by atoms with Crippen LogP contribution in [0.2, 0.25) is 0 Å². The van der Waals surface area contributed by atoms with Crippen molar-refractivity contribution in [2.75, 3.05) is 13.1 Å². The first-order valence-electron chi connectivity index (χ1n) is 7.82. The Morgan fingerprint density at radius 1 is 1.23 bits per heavy atom. The molecule has 5 nitrogen and oxygen atoms in total. The van der Waals surface area contributed by atoms with Crippen LogP contribution in [0.3, 0.4) is 0 Å². The molecule has 0 aliphatic rings. The summed E-state index contributed by atoms with van der Waals surface area (Å²) in [4.78, 5) is 15.8. The maximum Gasteiger partial charge on any atom is 0.224 e. The van der Waals surface area contributed by atoms with Crippen molar-refractivity contribution in [2.45, 2.75) is 67.3 Å². The minimum Gasteiger partial charge on any atom is -0.369 e. The number of nitrogens with zero attached hydrogens (tertiary/aromatic N) is 1. The van der Waals surface area contributed by atoms with Crippen molar-refractivity contribution < 1.29 is 4.79 Å². The molecule has 0 rings (SSSR count). The highest BCUT2D eigenvalue weighted by molar-refractivity contribution is 14.0. The Bertz CT molecular complexity index is 362. The SMILES string of the molecule is CCNC(=NCC(C)(C)C(N)=O)NC(C)CCC(C)(C)C.I. The molecule has 1 atom stereocenters. The summed E-state index contributed by atoms with van der Waals surface area (Å²) in [5.41, 5.74) is 5.08. The first-order chi connectivity index (χ1) is 9.48. The highest BCUT2D eigenvalue weighted by Crippen LogP contribution is 2.21. The van der Waals surface area contributed by atoms with Crippen LogP contribution in [0.25, 0.3) is 0 Å². The van der Waals surface area contributed by atoms with Gasteiger partial charge in [-0.15, -0.1) is 24.0 Å². The molecule has 6 heteroatoms. The van der Waals surface area contributed by atoms with Crippen molar-refractivity contribution in [3.63, 3.8) is 0 Å². The van der Waals surface area contributed by atoms with Crippen molar-refractivity contribution >= 4 is 35.8 Å². The first-order valence-corrected chi connectivity index (χ1v) is 7.82. The van der Waals surface area contributed by atoms with Crippen LogP contribution in [0.15, 0.2) is 4.99 Å². The molecular formula is C16H35IN4O. The Kier molecular flexibility index (Phi) is 11.1. The van der Waals surface area contributed by atoms with Gasteiger partial charge in [0, 0.05) is 12.6 Å².